The lowest BCUT2D eigenvalue weighted by Gasteiger charge is -2.24. The Bertz CT molecular complexity index is 748. The monoisotopic (exact) mass is 346 g/mol. The molecule has 2 aromatic rings. The predicted molar refractivity (Wildman–Crippen MR) is 92.0 cm³/mol. The third-order valence-corrected chi connectivity index (χ3v) is 5.00. The molecule has 8 heteroatoms. The van der Waals surface area contributed by atoms with Crippen LogP contribution in [-0.2, 0) is 11.3 Å². The van der Waals surface area contributed by atoms with Crippen molar-refractivity contribution in [1.82, 2.24) is 9.88 Å². The van der Waals surface area contributed by atoms with E-state index in [9.17, 15) is 14.9 Å². The normalized spacial score (nSPS) is 17.8. The van der Waals surface area contributed by atoms with Crippen LogP contribution in [0.25, 0.3) is 0 Å². The number of rotatable bonds is 5. The van der Waals surface area contributed by atoms with Gasteiger partial charge in [0.05, 0.1) is 11.0 Å². The number of hydrogen-bond donors (Lipinski definition) is 1. The molecule has 1 fully saturated rings. The fourth-order valence-corrected chi connectivity index (χ4v) is 3.58. The summed E-state index contributed by atoms with van der Waals surface area (Å²) in [6.45, 7) is 3.09. The van der Waals surface area contributed by atoms with Crippen LogP contribution in [0.4, 0.5) is 10.8 Å². The Morgan fingerprint density at radius 1 is 1.54 bits per heavy atom. The zero-order valence-electron chi connectivity index (χ0n) is 13.3. The lowest BCUT2D eigenvalue weighted by molar-refractivity contribution is -0.385. The van der Waals surface area contributed by atoms with Crippen LogP contribution in [0.2, 0.25) is 0 Å². The molecule has 1 amide bonds. The second-order valence-corrected chi connectivity index (χ2v) is 6.67. The molecule has 0 bridgehead atoms. The molecule has 1 aliphatic heterocycles. The number of nitrogens with zero attached hydrogens (tertiary/aromatic N) is 3. The van der Waals surface area contributed by atoms with Gasteiger partial charge in [0.25, 0.3) is 5.69 Å². The SMILES string of the molecule is Cc1c(CN2CCC[C@@H]2C(=O)Nc2nccs2)cccc1[N+](=O)[O-]. The quantitative estimate of drug-likeness (QED) is 0.664. The number of nitrogens with one attached hydrogen (secondary N) is 1. The lowest BCUT2D eigenvalue weighted by atomic mass is 10.1. The van der Waals surface area contributed by atoms with Gasteiger partial charge in [-0.1, -0.05) is 12.1 Å². The van der Waals surface area contributed by atoms with E-state index in [1.807, 2.05) is 11.4 Å². The van der Waals surface area contributed by atoms with E-state index in [0.29, 0.717) is 17.2 Å². The van der Waals surface area contributed by atoms with Gasteiger partial charge in [0.2, 0.25) is 5.91 Å². The van der Waals surface area contributed by atoms with E-state index >= 15 is 0 Å². The van der Waals surface area contributed by atoms with Crippen LogP contribution in [-0.4, -0.2) is 33.3 Å². The molecule has 1 N–H and O–H groups in total. The number of aromatic nitrogens is 1. The first-order valence-electron chi connectivity index (χ1n) is 7.73. The summed E-state index contributed by atoms with van der Waals surface area (Å²) < 4.78 is 0. The minimum atomic E-state index is -0.366. The standard InChI is InChI=1S/C16H18N4O3S/c1-11-12(4-2-5-13(11)20(22)23)10-19-8-3-6-14(19)15(21)18-16-17-7-9-24-16/h2,4-5,7,9,14H,3,6,8,10H2,1H3,(H,17,18,21)/t14-/m1/s1. The largest absolute Gasteiger partial charge is 0.301 e. The summed E-state index contributed by atoms with van der Waals surface area (Å²) >= 11 is 1.39. The van der Waals surface area contributed by atoms with Gasteiger partial charge in [-0.25, -0.2) is 4.98 Å². The molecule has 7 nitrogen and oxygen atoms in total. The van der Waals surface area contributed by atoms with Crippen molar-refractivity contribution in [3.8, 4) is 0 Å². The minimum absolute atomic E-state index is 0.0643. The van der Waals surface area contributed by atoms with Crippen LogP contribution in [0.1, 0.15) is 24.0 Å². The van der Waals surface area contributed by atoms with Gasteiger partial charge in [0, 0.05) is 29.8 Å². The molecule has 126 valence electrons. The van der Waals surface area contributed by atoms with Crippen molar-refractivity contribution >= 4 is 28.1 Å². The van der Waals surface area contributed by atoms with Gasteiger partial charge in [-0.05, 0) is 31.9 Å². The van der Waals surface area contributed by atoms with Gasteiger partial charge >= 0.3 is 0 Å². The molecule has 0 saturated carbocycles. The summed E-state index contributed by atoms with van der Waals surface area (Å²) in [4.78, 5) is 29.4. The summed E-state index contributed by atoms with van der Waals surface area (Å²) in [5.74, 6) is -0.0643. The highest BCUT2D eigenvalue weighted by atomic mass is 32.1. The summed E-state index contributed by atoms with van der Waals surface area (Å²) in [6, 6.07) is 4.86. The van der Waals surface area contributed by atoms with E-state index in [2.05, 4.69) is 15.2 Å². The first-order valence-corrected chi connectivity index (χ1v) is 8.61. The smallest absolute Gasteiger partial charge is 0.272 e. The van der Waals surface area contributed by atoms with E-state index in [1.165, 1.54) is 17.4 Å². The fourth-order valence-electron chi connectivity index (χ4n) is 3.04. The van der Waals surface area contributed by atoms with Crippen LogP contribution >= 0.6 is 11.3 Å². The van der Waals surface area contributed by atoms with Gasteiger partial charge in [0.15, 0.2) is 5.13 Å². The van der Waals surface area contributed by atoms with Crippen LogP contribution in [0.3, 0.4) is 0 Å². The van der Waals surface area contributed by atoms with E-state index in [4.69, 9.17) is 0 Å². The molecule has 3 rings (SSSR count). The van der Waals surface area contributed by atoms with E-state index in [1.54, 1.807) is 19.2 Å². The maximum Gasteiger partial charge on any atom is 0.272 e. The fraction of sp³-hybridized carbons (Fsp3) is 0.375. The molecule has 0 spiro atoms. The van der Waals surface area contributed by atoms with Crippen LogP contribution in [0, 0.1) is 17.0 Å². The summed E-state index contributed by atoms with van der Waals surface area (Å²) in [7, 11) is 0. The molecular formula is C16H18N4O3S. The van der Waals surface area contributed by atoms with Crippen LogP contribution in [0.15, 0.2) is 29.8 Å². The zero-order valence-corrected chi connectivity index (χ0v) is 14.1. The summed E-state index contributed by atoms with van der Waals surface area (Å²) in [5.41, 5.74) is 1.67. The highest BCUT2D eigenvalue weighted by Gasteiger charge is 2.31. The van der Waals surface area contributed by atoms with E-state index in [0.717, 1.165) is 24.9 Å². The van der Waals surface area contributed by atoms with Crippen molar-refractivity contribution in [1.29, 1.82) is 0 Å². The predicted octanol–water partition coefficient (Wildman–Crippen LogP) is 2.96. The Labute approximate surface area is 143 Å². The Hall–Kier alpha value is -2.32. The van der Waals surface area contributed by atoms with Crippen molar-refractivity contribution in [2.24, 2.45) is 0 Å². The van der Waals surface area contributed by atoms with Gasteiger partial charge in [-0.15, -0.1) is 11.3 Å². The van der Waals surface area contributed by atoms with Crippen molar-refractivity contribution in [2.75, 3.05) is 11.9 Å². The molecule has 0 unspecified atom stereocenters. The van der Waals surface area contributed by atoms with Crippen molar-refractivity contribution in [3.05, 3.63) is 51.0 Å². The number of carbonyl (C=O) groups excluding carboxylic acids is 1. The topological polar surface area (TPSA) is 88.4 Å². The minimum Gasteiger partial charge on any atom is -0.301 e. The molecule has 0 aliphatic carbocycles. The molecule has 1 saturated heterocycles. The first-order chi connectivity index (χ1) is 11.6. The second-order valence-electron chi connectivity index (χ2n) is 5.77. The number of nitro benzene ring substituents is 1. The Kier molecular flexibility index (Phi) is 4.86. The van der Waals surface area contributed by atoms with Crippen molar-refractivity contribution < 1.29 is 9.72 Å². The molecule has 1 aromatic heterocycles. The number of likely N-dealkylation sites (tertiary alicyclic amines) is 1. The van der Waals surface area contributed by atoms with E-state index in [-0.39, 0.29) is 22.6 Å². The Balaban J connectivity index is 1.73. The summed E-state index contributed by atoms with van der Waals surface area (Å²) in [5, 5.41) is 16.3. The van der Waals surface area contributed by atoms with Gasteiger partial charge in [-0.2, -0.15) is 0 Å². The van der Waals surface area contributed by atoms with Crippen LogP contribution in [0.5, 0.6) is 0 Å². The summed E-state index contributed by atoms with van der Waals surface area (Å²) in [6.07, 6.45) is 3.37. The Morgan fingerprint density at radius 3 is 3.08 bits per heavy atom. The number of nitro groups is 1. The van der Waals surface area contributed by atoms with Gasteiger partial charge < -0.3 is 5.32 Å². The highest BCUT2D eigenvalue weighted by molar-refractivity contribution is 7.13. The van der Waals surface area contributed by atoms with Crippen molar-refractivity contribution in [2.45, 2.75) is 32.4 Å². The average Bonchev–Trinajstić information content (AvgIpc) is 3.20. The highest BCUT2D eigenvalue weighted by Crippen LogP contribution is 2.26. The average molecular weight is 346 g/mol. The lowest BCUT2D eigenvalue weighted by Crippen LogP contribution is -2.39. The van der Waals surface area contributed by atoms with Gasteiger partial charge in [-0.3, -0.25) is 19.8 Å². The molecule has 1 aliphatic rings. The number of amides is 1. The van der Waals surface area contributed by atoms with Gasteiger partial charge in [0.1, 0.15) is 0 Å². The second kappa shape index (κ2) is 7.06. The third kappa shape index (κ3) is 3.44. The van der Waals surface area contributed by atoms with Crippen molar-refractivity contribution in [3.63, 3.8) is 0 Å². The van der Waals surface area contributed by atoms with E-state index < -0.39 is 0 Å². The number of carbonyl (C=O) groups is 1. The molecule has 24 heavy (non-hydrogen) atoms. The molecule has 0 radical (unpaired) electrons. The Morgan fingerprint density at radius 2 is 2.38 bits per heavy atom. The molecular weight excluding hydrogens is 328 g/mol. The third-order valence-electron chi connectivity index (χ3n) is 4.32. The molecule has 2 heterocycles. The molecule has 1 aromatic carbocycles. The molecule has 1 atom stereocenters. The first kappa shape index (κ1) is 16.5. The number of thiazole rings is 1. The maximum atomic E-state index is 12.5. The van der Waals surface area contributed by atoms with Crippen LogP contribution < -0.4 is 5.32 Å². The maximum absolute atomic E-state index is 12.5. The number of benzene rings is 1. The number of hydrogen-bond acceptors (Lipinski definition) is 6. The zero-order chi connectivity index (χ0) is 17.1. The number of anilines is 1.